The van der Waals surface area contributed by atoms with Gasteiger partial charge in [0.15, 0.2) is 11.5 Å². The molecule has 23 heavy (non-hydrogen) atoms. The standard InChI is InChI=1S/C16H20O7/c1-4-8(17)9-6-11-14(22-9)7-5-10(20-2)15(21-3)13(18)12(7)16(19)23-11/h5,8-9,11,14,17-18H,4,6H2,1-3H3/t8-,9+,11+,14+/m0/s1. The van der Waals surface area contributed by atoms with Crippen LogP contribution in [0.3, 0.4) is 0 Å². The minimum Gasteiger partial charge on any atom is -0.504 e. The summed E-state index contributed by atoms with van der Waals surface area (Å²) in [6.07, 6.45) is -1.11. The molecule has 0 aromatic heterocycles. The Morgan fingerprint density at radius 3 is 2.74 bits per heavy atom. The molecule has 1 aromatic carbocycles. The fraction of sp³-hybridized carbons (Fsp3) is 0.562. The fourth-order valence-electron chi connectivity index (χ4n) is 3.21. The number of hydrogen-bond acceptors (Lipinski definition) is 7. The van der Waals surface area contributed by atoms with Crippen LogP contribution in [0.15, 0.2) is 6.07 Å². The predicted octanol–water partition coefficient (Wildman–Crippen LogP) is 1.55. The number of aliphatic hydroxyl groups is 1. The van der Waals surface area contributed by atoms with Crippen LogP contribution in [0.1, 0.15) is 41.8 Å². The number of carbonyl (C=O) groups is 1. The van der Waals surface area contributed by atoms with E-state index in [1.807, 2.05) is 6.92 Å². The van der Waals surface area contributed by atoms with Crippen molar-refractivity contribution >= 4 is 5.97 Å². The van der Waals surface area contributed by atoms with Gasteiger partial charge in [0, 0.05) is 12.0 Å². The monoisotopic (exact) mass is 324 g/mol. The summed E-state index contributed by atoms with van der Waals surface area (Å²) in [6, 6.07) is 1.62. The van der Waals surface area contributed by atoms with Crippen molar-refractivity contribution < 1.29 is 34.0 Å². The van der Waals surface area contributed by atoms with Gasteiger partial charge in [-0.25, -0.2) is 4.79 Å². The lowest BCUT2D eigenvalue weighted by Crippen LogP contribution is -2.29. The molecule has 4 atom stereocenters. The highest BCUT2D eigenvalue weighted by molar-refractivity contribution is 5.97. The van der Waals surface area contributed by atoms with Crippen molar-refractivity contribution in [2.45, 2.75) is 44.2 Å². The molecule has 7 nitrogen and oxygen atoms in total. The third-order valence-corrected chi connectivity index (χ3v) is 4.42. The Morgan fingerprint density at radius 1 is 1.39 bits per heavy atom. The Hall–Kier alpha value is -1.99. The predicted molar refractivity (Wildman–Crippen MR) is 78.9 cm³/mol. The number of aromatic hydroxyl groups is 1. The van der Waals surface area contributed by atoms with Gasteiger partial charge in [-0.15, -0.1) is 0 Å². The normalized spacial score (nSPS) is 27.0. The van der Waals surface area contributed by atoms with Crippen LogP contribution in [-0.4, -0.2) is 48.7 Å². The average molecular weight is 324 g/mol. The second-order valence-electron chi connectivity index (χ2n) is 5.68. The first-order chi connectivity index (χ1) is 11.0. The fourth-order valence-corrected chi connectivity index (χ4v) is 3.21. The maximum absolute atomic E-state index is 12.3. The molecule has 0 bridgehead atoms. The van der Waals surface area contributed by atoms with Crippen molar-refractivity contribution in [2.75, 3.05) is 14.2 Å². The molecule has 126 valence electrons. The Labute approximate surface area is 133 Å². The first-order valence-corrected chi connectivity index (χ1v) is 7.54. The van der Waals surface area contributed by atoms with Gasteiger partial charge < -0.3 is 29.2 Å². The highest BCUT2D eigenvalue weighted by atomic mass is 16.6. The number of ether oxygens (including phenoxy) is 4. The highest BCUT2D eigenvalue weighted by Crippen LogP contribution is 2.50. The zero-order chi connectivity index (χ0) is 16.7. The van der Waals surface area contributed by atoms with Crippen LogP contribution in [0.5, 0.6) is 17.2 Å². The Balaban J connectivity index is 2.06. The minimum absolute atomic E-state index is 0.0236. The average Bonchev–Trinajstić information content (AvgIpc) is 2.97. The van der Waals surface area contributed by atoms with Gasteiger partial charge in [0.2, 0.25) is 5.75 Å². The van der Waals surface area contributed by atoms with Crippen molar-refractivity contribution in [1.82, 2.24) is 0 Å². The maximum atomic E-state index is 12.3. The van der Waals surface area contributed by atoms with E-state index in [-0.39, 0.29) is 17.1 Å². The quantitative estimate of drug-likeness (QED) is 0.811. The van der Waals surface area contributed by atoms with E-state index in [1.165, 1.54) is 14.2 Å². The van der Waals surface area contributed by atoms with E-state index in [9.17, 15) is 15.0 Å². The number of benzene rings is 1. The zero-order valence-electron chi connectivity index (χ0n) is 13.2. The van der Waals surface area contributed by atoms with Gasteiger partial charge in [0.05, 0.1) is 26.4 Å². The summed E-state index contributed by atoms with van der Waals surface area (Å²) in [5, 5.41) is 20.3. The summed E-state index contributed by atoms with van der Waals surface area (Å²) in [7, 11) is 2.82. The molecular weight excluding hydrogens is 304 g/mol. The van der Waals surface area contributed by atoms with Crippen LogP contribution in [0.2, 0.25) is 0 Å². The van der Waals surface area contributed by atoms with Crippen molar-refractivity contribution in [2.24, 2.45) is 0 Å². The van der Waals surface area contributed by atoms with Crippen molar-refractivity contribution in [3.8, 4) is 17.2 Å². The molecule has 1 saturated heterocycles. The van der Waals surface area contributed by atoms with E-state index >= 15 is 0 Å². The molecule has 0 aliphatic carbocycles. The van der Waals surface area contributed by atoms with Crippen LogP contribution in [0.25, 0.3) is 0 Å². The van der Waals surface area contributed by atoms with Crippen LogP contribution in [-0.2, 0) is 9.47 Å². The van der Waals surface area contributed by atoms with Crippen molar-refractivity contribution in [3.05, 3.63) is 17.2 Å². The smallest absolute Gasteiger partial charge is 0.342 e. The summed E-state index contributed by atoms with van der Waals surface area (Å²) in [5.41, 5.74) is 0.516. The molecule has 1 fully saturated rings. The van der Waals surface area contributed by atoms with Gasteiger partial charge in [-0.2, -0.15) is 0 Å². The van der Waals surface area contributed by atoms with Crippen LogP contribution >= 0.6 is 0 Å². The summed E-state index contributed by atoms with van der Waals surface area (Å²) < 4.78 is 21.6. The molecule has 2 heterocycles. The van der Waals surface area contributed by atoms with E-state index in [0.717, 1.165) is 0 Å². The van der Waals surface area contributed by atoms with Gasteiger partial charge in [0.1, 0.15) is 17.8 Å². The Kier molecular flexibility index (Phi) is 4.08. The lowest BCUT2D eigenvalue weighted by Gasteiger charge is -2.28. The van der Waals surface area contributed by atoms with E-state index in [0.29, 0.717) is 24.2 Å². The number of phenolic OH excluding ortho intramolecular Hbond substituents is 1. The summed E-state index contributed by atoms with van der Waals surface area (Å²) in [4.78, 5) is 12.3. The van der Waals surface area contributed by atoms with Gasteiger partial charge in [-0.3, -0.25) is 0 Å². The Bertz CT molecular complexity index is 627. The molecule has 1 aromatic rings. The number of fused-ring (bicyclic) bond motifs is 3. The summed E-state index contributed by atoms with van der Waals surface area (Å²) >= 11 is 0. The molecule has 0 radical (unpaired) electrons. The van der Waals surface area contributed by atoms with E-state index in [1.54, 1.807) is 6.07 Å². The molecule has 0 unspecified atom stereocenters. The van der Waals surface area contributed by atoms with Crippen LogP contribution in [0.4, 0.5) is 0 Å². The number of aliphatic hydroxyl groups excluding tert-OH is 1. The number of carbonyl (C=O) groups excluding carboxylic acids is 1. The number of phenols is 1. The van der Waals surface area contributed by atoms with E-state index in [4.69, 9.17) is 18.9 Å². The topological polar surface area (TPSA) is 94.5 Å². The number of methoxy groups -OCH3 is 2. The van der Waals surface area contributed by atoms with Crippen molar-refractivity contribution in [1.29, 1.82) is 0 Å². The molecule has 0 amide bonds. The second kappa shape index (κ2) is 5.90. The van der Waals surface area contributed by atoms with Crippen molar-refractivity contribution in [3.63, 3.8) is 0 Å². The van der Waals surface area contributed by atoms with Gasteiger partial charge in [-0.05, 0) is 12.5 Å². The first kappa shape index (κ1) is 15.9. The molecule has 2 aliphatic rings. The third kappa shape index (κ3) is 2.40. The van der Waals surface area contributed by atoms with E-state index < -0.39 is 30.4 Å². The van der Waals surface area contributed by atoms with Gasteiger partial charge in [-0.1, -0.05) is 6.92 Å². The molecular formula is C16H20O7. The second-order valence-corrected chi connectivity index (χ2v) is 5.68. The van der Waals surface area contributed by atoms with E-state index in [2.05, 4.69) is 0 Å². The number of esters is 1. The molecule has 0 saturated carbocycles. The third-order valence-electron chi connectivity index (χ3n) is 4.42. The minimum atomic E-state index is -0.630. The SMILES string of the molecule is CC[C@H](O)[C@H]1C[C@H]2OC(=O)c3c(cc(OC)c(OC)c3O)[C@H]2O1. The number of rotatable bonds is 4. The van der Waals surface area contributed by atoms with Gasteiger partial charge in [0.25, 0.3) is 0 Å². The highest BCUT2D eigenvalue weighted by Gasteiger charge is 2.47. The first-order valence-electron chi connectivity index (χ1n) is 7.54. The lowest BCUT2D eigenvalue weighted by atomic mass is 9.93. The summed E-state index contributed by atoms with van der Waals surface area (Å²) in [5.74, 6) is -0.576. The molecule has 7 heteroatoms. The molecule has 3 rings (SSSR count). The maximum Gasteiger partial charge on any atom is 0.342 e. The number of hydrogen-bond donors (Lipinski definition) is 2. The largest absolute Gasteiger partial charge is 0.504 e. The van der Waals surface area contributed by atoms with Crippen LogP contribution < -0.4 is 9.47 Å². The molecule has 0 spiro atoms. The Morgan fingerprint density at radius 2 is 2.13 bits per heavy atom. The molecule has 2 aliphatic heterocycles. The van der Waals surface area contributed by atoms with Crippen LogP contribution in [0, 0.1) is 0 Å². The zero-order valence-corrected chi connectivity index (χ0v) is 13.2. The lowest BCUT2D eigenvalue weighted by molar-refractivity contribution is -0.0544. The molecule has 2 N–H and O–H groups in total. The van der Waals surface area contributed by atoms with Gasteiger partial charge >= 0.3 is 5.97 Å². The summed E-state index contributed by atoms with van der Waals surface area (Å²) in [6.45, 7) is 1.86.